The first kappa shape index (κ1) is 31.8. The molecule has 0 radical (unpaired) electrons. The summed E-state index contributed by atoms with van der Waals surface area (Å²) in [6, 6.07) is 17.1. The molecule has 0 aliphatic carbocycles. The van der Waals surface area contributed by atoms with Crippen molar-refractivity contribution in [3.63, 3.8) is 0 Å². The molecule has 3 aromatic rings. The molecule has 0 aromatic heterocycles. The van der Waals surface area contributed by atoms with Crippen LogP contribution in [-0.4, -0.2) is 58.5 Å². The topological polar surface area (TPSA) is 105 Å². The molecule has 0 saturated carbocycles. The largest absolute Gasteiger partial charge is 0.497 e. The van der Waals surface area contributed by atoms with Crippen LogP contribution in [0.4, 0.5) is 5.69 Å². The summed E-state index contributed by atoms with van der Waals surface area (Å²) in [5.41, 5.74) is 1.61. The number of halogens is 1. The monoisotopic (exact) mass is 601 g/mol. The molecule has 0 fully saturated rings. The predicted molar refractivity (Wildman–Crippen MR) is 160 cm³/mol. The molecule has 1 unspecified atom stereocenters. The molecule has 41 heavy (non-hydrogen) atoms. The number of methoxy groups -OCH3 is 2. The van der Waals surface area contributed by atoms with Crippen LogP contribution < -0.4 is 19.1 Å². The zero-order valence-corrected chi connectivity index (χ0v) is 25.5. The molecule has 0 bridgehead atoms. The van der Waals surface area contributed by atoms with Crippen molar-refractivity contribution >= 4 is 39.1 Å². The Balaban J connectivity index is 2.12. The van der Waals surface area contributed by atoms with Crippen LogP contribution in [0.1, 0.15) is 31.4 Å². The van der Waals surface area contributed by atoms with Gasteiger partial charge in [-0.2, -0.15) is 0 Å². The molecular formula is C30H36ClN3O6S. The Hall–Kier alpha value is -3.76. The smallest absolute Gasteiger partial charge is 0.264 e. The number of ether oxygens (including phenoxy) is 2. The highest BCUT2D eigenvalue weighted by Gasteiger charge is 2.34. The standard InChI is InChI=1S/C30H36ClN3O6S/c1-6-17-32-30(36)22(3)33(19-23-9-7-8-10-26(23)31)29(35)20-34(27-18-24(39-4)13-16-28(27)40-5)41(37,38)25-14-11-21(2)12-15-25/h7-16,18,22H,6,17,19-20H2,1-5H3,(H,32,36). The second-order valence-electron chi connectivity index (χ2n) is 9.44. The summed E-state index contributed by atoms with van der Waals surface area (Å²) < 4.78 is 40.0. The third-order valence-electron chi connectivity index (χ3n) is 6.56. The van der Waals surface area contributed by atoms with E-state index in [1.165, 1.54) is 37.3 Å². The molecule has 1 N–H and O–H groups in total. The van der Waals surface area contributed by atoms with Gasteiger partial charge in [-0.05, 0) is 56.2 Å². The van der Waals surface area contributed by atoms with Crippen molar-refractivity contribution in [1.82, 2.24) is 10.2 Å². The lowest BCUT2D eigenvalue weighted by Gasteiger charge is -2.32. The number of carbonyl (C=O) groups excluding carboxylic acids is 2. The van der Waals surface area contributed by atoms with Gasteiger partial charge in [0.2, 0.25) is 11.8 Å². The third-order valence-corrected chi connectivity index (χ3v) is 8.70. The minimum absolute atomic E-state index is 0.00706. The lowest BCUT2D eigenvalue weighted by molar-refractivity contribution is -0.139. The van der Waals surface area contributed by atoms with Crippen molar-refractivity contribution in [2.24, 2.45) is 0 Å². The van der Waals surface area contributed by atoms with Crippen LogP contribution in [0.25, 0.3) is 0 Å². The van der Waals surface area contributed by atoms with Crippen LogP contribution in [0.2, 0.25) is 5.02 Å². The van der Waals surface area contributed by atoms with Gasteiger partial charge < -0.3 is 19.7 Å². The van der Waals surface area contributed by atoms with E-state index in [-0.39, 0.29) is 28.8 Å². The van der Waals surface area contributed by atoms with Gasteiger partial charge in [-0.1, -0.05) is 54.4 Å². The highest BCUT2D eigenvalue weighted by atomic mass is 35.5. The maximum atomic E-state index is 14.1. The van der Waals surface area contributed by atoms with E-state index in [9.17, 15) is 18.0 Å². The predicted octanol–water partition coefficient (Wildman–Crippen LogP) is 4.80. The van der Waals surface area contributed by atoms with E-state index in [2.05, 4.69) is 5.32 Å². The van der Waals surface area contributed by atoms with Crippen LogP contribution in [0.5, 0.6) is 11.5 Å². The Labute approximate surface area is 247 Å². The van der Waals surface area contributed by atoms with E-state index < -0.39 is 28.5 Å². The first-order valence-corrected chi connectivity index (χ1v) is 15.0. The minimum Gasteiger partial charge on any atom is -0.497 e. The molecule has 11 heteroatoms. The number of nitrogens with one attached hydrogen (secondary N) is 1. The van der Waals surface area contributed by atoms with Crippen molar-refractivity contribution < 1.29 is 27.5 Å². The fourth-order valence-corrected chi connectivity index (χ4v) is 5.74. The van der Waals surface area contributed by atoms with Crippen LogP contribution in [0.15, 0.2) is 71.6 Å². The van der Waals surface area contributed by atoms with Crippen molar-refractivity contribution in [1.29, 1.82) is 0 Å². The summed E-state index contributed by atoms with van der Waals surface area (Å²) >= 11 is 6.41. The third kappa shape index (κ3) is 7.71. The van der Waals surface area contributed by atoms with Crippen LogP contribution >= 0.6 is 11.6 Å². The fourth-order valence-electron chi connectivity index (χ4n) is 4.13. The van der Waals surface area contributed by atoms with E-state index in [0.717, 1.165) is 16.3 Å². The number of amides is 2. The van der Waals surface area contributed by atoms with Crippen LogP contribution in [0, 0.1) is 6.92 Å². The lowest BCUT2D eigenvalue weighted by atomic mass is 10.1. The van der Waals surface area contributed by atoms with E-state index in [4.69, 9.17) is 21.1 Å². The normalized spacial score (nSPS) is 11.9. The average molecular weight is 602 g/mol. The minimum atomic E-state index is -4.27. The zero-order chi connectivity index (χ0) is 30.2. The molecule has 0 aliphatic rings. The summed E-state index contributed by atoms with van der Waals surface area (Å²) in [4.78, 5) is 28.4. The van der Waals surface area contributed by atoms with Crippen LogP contribution in [0.3, 0.4) is 0 Å². The number of rotatable bonds is 13. The molecule has 3 aromatic carbocycles. The molecule has 3 rings (SSSR count). The van der Waals surface area contributed by atoms with Crippen molar-refractivity contribution in [3.8, 4) is 11.5 Å². The molecule has 220 valence electrons. The molecule has 0 aliphatic heterocycles. The zero-order valence-electron chi connectivity index (χ0n) is 23.9. The van der Waals surface area contributed by atoms with E-state index in [1.54, 1.807) is 55.5 Å². The number of carbonyl (C=O) groups is 2. The number of sulfonamides is 1. The Morgan fingerprint density at radius 2 is 1.68 bits per heavy atom. The van der Waals surface area contributed by atoms with E-state index in [1.807, 2.05) is 13.8 Å². The molecule has 9 nitrogen and oxygen atoms in total. The van der Waals surface area contributed by atoms with Crippen molar-refractivity contribution in [3.05, 3.63) is 82.9 Å². The summed E-state index contributed by atoms with van der Waals surface area (Å²) in [5.74, 6) is -0.373. The van der Waals surface area contributed by atoms with Crippen molar-refractivity contribution in [2.45, 2.75) is 44.7 Å². The van der Waals surface area contributed by atoms with Gasteiger partial charge in [0.25, 0.3) is 10.0 Å². The number of hydrogen-bond donors (Lipinski definition) is 1. The molecule has 2 amide bonds. The first-order chi connectivity index (χ1) is 19.5. The summed E-state index contributed by atoms with van der Waals surface area (Å²) in [6.45, 7) is 5.19. The Kier molecular flexibility index (Phi) is 11.0. The number of anilines is 1. The number of benzene rings is 3. The van der Waals surface area contributed by atoms with Gasteiger partial charge in [0.05, 0.1) is 24.8 Å². The van der Waals surface area contributed by atoms with E-state index >= 15 is 0 Å². The SMILES string of the molecule is CCCNC(=O)C(C)N(Cc1ccccc1Cl)C(=O)CN(c1cc(OC)ccc1OC)S(=O)(=O)c1ccc(C)cc1. The summed E-state index contributed by atoms with van der Waals surface area (Å²) in [5, 5.41) is 3.23. The van der Waals surface area contributed by atoms with Gasteiger partial charge in [-0.3, -0.25) is 13.9 Å². The fraction of sp³-hybridized carbons (Fsp3) is 0.333. The summed E-state index contributed by atoms with van der Waals surface area (Å²) in [7, 11) is -1.41. The molecule has 0 saturated heterocycles. The highest BCUT2D eigenvalue weighted by molar-refractivity contribution is 7.92. The van der Waals surface area contributed by atoms with Gasteiger partial charge in [-0.25, -0.2) is 8.42 Å². The molecular weight excluding hydrogens is 566 g/mol. The van der Waals surface area contributed by atoms with Crippen molar-refractivity contribution in [2.75, 3.05) is 31.6 Å². The van der Waals surface area contributed by atoms with Gasteiger partial charge in [0, 0.05) is 24.2 Å². The quantitative estimate of drug-likeness (QED) is 0.302. The second-order valence-corrected chi connectivity index (χ2v) is 11.7. The molecule has 1 atom stereocenters. The second kappa shape index (κ2) is 14.2. The Morgan fingerprint density at radius 3 is 2.29 bits per heavy atom. The average Bonchev–Trinajstić information content (AvgIpc) is 2.97. The summed E-state index contributed by atoms with van der Waals surface area (Å²) in [6.07, 6.45) is 0.717. The maximum absolute atomic E-state index is 14.1. The van der Waals surface area contributed by atoms with Gasteiger partial charge in [0.15, 0.2) is 0 Å². The Bertz CT molecular complexity index is 1460. The first-order valence-electron chi connectivity index (χ1n) is 13.2. The van der Waals surface area contributed by atoms with Gasteiger partial charge >= 0.3 is 0 Å². The highest BCUT2D eigenvalue weighted by Crippen LogP contribution is 2.36. The molecule has 0 heterocycles. The molecule has 0 spiro atoms. The van der Waals surface area contributed by atoms with Gasteiger partial charge in [-0.15, -0.1) is 0 Å². The maximum Gasteiger partial charge on any atom is 0.264 e. The Morgan fingerprint density at radius 1 is 1.00 bits per heavy atom. The van der Waals surface area contributed by atoms with Crippen LogP contribution in [-0.2, 0) is 26.2 Å². The van der Waals surface area contributed by atoms with Gasteiger partial charge in [0.1, 0.15) is 24.1 Å². The number of nitrogens with zero attached hydrogens (tertiary/aromatic N) is 2. The number of hydrogen-bond acceptors (Lipinski definition) is 6. The lowest BCUT2D eigenvalue weighted by Crippen LogP contribution is -2.51. The number of aryl methyl sites for hydroxylation is 1. The van der Waals surface area contributed by atoms with E-state index in [0.29, 0.717) is 22.9 Å².